The zero-order chi connectivity index (χ0) is 26.1. The third-order valence-corrected chi connectivity index (χ3v) is 4.12. The number of piperazine rings is 1. The van der Waals surface area contributed by atoms with Crippen LogP contribution in [0.3, 0.4) is 0 Å². The fraction of sp³-hybridized carbons (Fsp3) is 0.625. The molecule has 3 atom stereocenters. The first-order valence-electron chi connectivity index (χ1n) is 9.58. The summed E-state index contributed by atoms with van der Waals surface area (Å²) in [6.45, 7) is 4.07. The van der Waals surface area contributed by atoms with Crippen molar-refractivity contribution in [1.29, 1.82) is 0 Å². The number of nitrogens with one attached hydrogen (secondary N) is 3. The topological polar surface area (TPSA) is 233 Å². The van der Waals surface area contributed by atoms with Gasteiger partial charge in [0.05, 0.1) is 12.5 Å². The molecule has 0 aromatic carbocycles. The van der Waals surface area contributed by atoms with E-state index < -0.39 is 48.2 Å². The Labute approximate surface area is 189 Å². The number of halogens is 3. The fourth-order valence-electron chi connectivity index (χ4n) is 2.49. The van der Waals surface area contributed by atoms with Crippen LogP contribution < -0.4 is 26.6 Å². The number of aliphatic hydroxyl groups excluding tert-OH is 1. The Morgan fingerprint density at radius 1 is 1.21 bits per heavy atom. The van der Waals surface area contributed by atoms with Crippen LogP contribution in [0.4, 0.5) is 23.9 Å². The second-order valence-corrected chi connectivity index (χ2v) is 6.87. The Bertz CT molecular complexity index is 858. The second kappa shape index (κ2) is 12.5. The van der Waals surface area contributed by atoms with Gasteiger partial charge in [0.25, 0.3) is 11.8 Å². The number of anilines is 1. The largest absolute Gasteiger partial charge is 0.490 e. The van der Waals surface area contributed by atoms with Crippen LogP contribution >= 0.6 is 0 Å². The molecule has 3 amide bonds. The molecule has 0 aliphatic carbocycles. The lowest BCUT2D eigenvalue weighted by Crippen LogP contribution is -2.52. The number of primary amides is 1. The first kappa shape index (κ1) is 28.4. The van der Waals surface area contributed by atoms with E-state index in [-0.39, 0.29) is 12.3 Å². The average Bonchev–Trinajstić information content (AvgIpc) is 3.21. The highest BCUT2D eigenvalue weighted by Gasteiger charge is 2.38. The monoisotopic (exact) mass is 499 g/mol. The first-order chi connectivity index (χ1) is 15.7. The maximum atomic E-state index is 12.1. The van der Waals surface area contributed by atoms with Crippen LogP contribution in [-0.4, -0.2) is 93.8 Å². The normalized spacial score (nSPS) is 16.3. The predicted molar refractivity (Wildman–Crippen MR) is 104 cm³/mol. The maximum Gasteiger partial charge on any atom is 0.490 e. The van der Waals surface area contributed by atoms with Crippen molar-refractivity contribution in [2.24, 2.45) is 5.73 Å². The number of aliphatic hydroxyl groups is 1. The molecule has 0 unspecified atom stereocenters. The van der Waals surface area contributed by atoms with Gasteiger partial charge in [-0.1, -0.05) is 0 Å². The van der Waals surface area contributed by atoms with E-state index in [1.54, 1.807) is 0 Å². The van der Waals surface area contributed by atoms with Gasteiger partial charge in [0.2, 0.25) is 5.91 Å². The van der Waals surface area contributed by atoms with E-state index >= 15 is 0 Å². The van der Waals surface area contributed by atoms with Gasteiger partial charge in [-0.05, 0) is 12.1 Å². The number of nitrogens with zero attached hydrogens (tertiary/aromatic N) is 3. The molecule has 1 aliphatic rings. The minimum absolute atomic E-state index is 0.0404. The highest BCUT2D eigenvalue weighted by atomic mass is 19.4. The van der Waals surface area contributed by atoms with Crippen LogP contribution in [0, 0.1) is 0 Å². The molecule has 1 aromatic rings. The molecule has 34 heavy (non-hydrogen) atoms. The van der Waals surface area contributed by atoms with Crippen LogP contribution in [0.2, 0.25) is 0 Å². The van der Waals surface area contributed by atoms with E-state index in [4.69, 9.17) is 25.3 Å². The summed E-state index contributed by atoms with van der Waals surface area (Å²) in [5.74, 6) is -4.62. The molecule has 2 rings (SSSR count). The van der Waals surface area contributed by atoms with Crippen LogP contribution in [-0.2, 0) is 14.4 Å². The van der Waals surface area contributed by atoms with Crippen LogP contribution in [0.25, 0.3) is 0 Å². The zero-order valence-corrected chi connectivity index (χ0v) is 17.7. The van der Waals surface area contributed by atoms with Crippen molar-refractivity contribution < 1.29 is 52.2 Å². The number of carbonyl (C=O) groups is 4. The van der Waals surface area contributed by atoms with Crippen molar-refractivity contribution in [2.75, 3.05) is 31.1 Å². The molecule has 0 saturated carbocycles. The molecule has 1 saturated heterocycles. The van der Waals surface area contributed by atoms with Crippen molar-refractivity contribution >= 4 is 29.8 Å². The number of amides is 3. The van der Waals surface area contributed by atoms with Gasteiger partial charge in [-0.2, -0.15) is 18.2 Å². The lowest BCUT2D eigenvalue weighted by molar-refractivity contribution is -0.192. The molecular weight excluding hydrogens is 475 g/mol. The van der Waals surface area contributed by atoms with Gasteiger partial charge in [0, 0.05) is 26.2 Å². The average molecular weight is 499 g/mol. The van der Waals surface area contributed by atoms with E-state index in [1.165, 1.54) is 6.92 Å². The summed E-state index contributed by atoms with van der Waals surface area (Å²) in [4.78, 5) is 49.4. The number of aromatic nitrogens is 2. The molecule has 1 aliphatic heterocycles. The summed E-state index contributed by atoms with van der Waals surface area (Å²) >= 11 is 0. The van der Waals surface area contributed by atoms with Gasteiger partial charge in [0.1, 0.15) is 6.04 Å². The molecule has 0 radical (unpaired) electrons. The lowest BCUT2D eigenvalue weighted by Gasteiger charge is -2.25. The summed E-state index contributed by atoms with van der Waals surface area (Å²) in [7, 11) is 0. The number of carboxylic acids is 2. The number of nitrogens with two attached hydrogens (primary N) is 1. The number of hydrogen-bond acceptors (Lipinski definition) is 10. The number of carbonyl (C=O) groups excluding carboxylic acids is 2. The quantitative estimate of drug-likeness (QED) is 0.209. The number of carboxylic acid groups (broad SMARTS) is 2. The molecule has 1 aromatic heterocycles. The number of aliphatic carboxylic acids is 2. The molecule has 0 bridgehead atoms. The van der Waals surface area contributed by atoms with Gasteiger partial charge in [-0.15, -0.1) is 0 Å². The van der Waals surface area contributed by atoms with Crippen LogP contribution in [0.15, 0.2) is 4.52 Å². The minimum atomic E-state index is -5.08. The van der Waals surface area contributed by atoms with Crippen molar-refractivity contribution in [3.63, 3.8) is 0 Å². The smallest absolute Gasteiger partial charge is 0.480 e. The number of alkyl halides is 3. The summed E-state index contributed by atoms with van der Waals surface area (Å²) in [6, 6.07) is -3.51. The standard InChI is InChI=1S/C14H23N7O6.C2HF3O2/c1-7(22)10(12(24)25)18-14(26)17-8(6-9(15)23)11-19-13(20-27-11)21-4-2-16-3-5-21;3-2(4,5)1(6)7/h7-8,10,16,22H,2-6H2,1H3,(H2,15,23)(H,24,25)(H2,17,18,26);(H,6,7)/t7-,8+,10+;/m1./s1. The Kier molecular flexibility index (Phi) is 10.5. The van der Waals surface area contributed by atoms with Crippen molar-refractivity contribution in [3.8, 4) is 0 Å². The van der Waals surface area contributed by atoms with Crippen molar-refractivity contribution in [1.82, 2.24) is 26.1 Å². The molecule has 2 heterocycles. The van der Waals surface area contributed by atoms with Crippen molar-refractivity contribution in [3.05, 3.63) is 5.89 Å². The van der Waals surface area contributed by atoms with Gasteiger partial charge in [-0.25, -0.2) is 14.4 Å². The third kappa shape index (κ3) is 9.45. The number of hydrogen-bond donors (Lipinski definition) is 7. The van der Waals surface area contributed by atoms with E-state index in [0.29, 0.717) is 19.0 Å². The van der Waals surface area contributed by atoms with Crippen molar-refractivity contribution in [2.45, 2.75) is 37.7 Å². The van der Waals surface area contributed by atoms with Crippen LogP contribution in [0.1, 0.15) is 25.3 Å². The molecule has 1 fully saturated rings. The van der Waals surface area contributed by atoms with E-state index in [1.807, 2.05) is 4.90 Å². The Hall–Kier alpha value is -3.67. The van der Waals surface area contributed by atoms with E-state index in [0.717, 1.165) is 13.1 Å². The first-order valence-corrected chi connectivity index (χ1v) is 9.58. The molecule has 18 heteroatoms. The highest BCUT2D eigenvalue weighted by molar-refractivity contribution is 5.83. The van der Waals surface area contributed by atoms with Gasteiger partial charge >= 0.3 is 24.1 Å². The fourth-order valence-corrected chi connectivity index (χ4v) is 2.49. The zero-order valence-electron chi connectivity index (χ0n) is 17.7. The summed E-state index contributed by atoms with van der Waals surface area (Å²) in [6.07, 6.45) is -6.74. The SMILES string of the molecule is C[C@@H](O)[C@H](NC(=O)N[C@@H](CC(N)=O)c1nc(N2CCNCC2)no1)C(=O)O.O=C(O)C(F)(F)F. The maximum absolute atomic E-state index is 12.1. The molecular formula is C16H24F3N7O8. The Balaban J connectivity index is 0.000000718. The molecule has 192 valence electrons. The minimum Gasteiger partial charge on any atom is -0.480 e. The van der Waals surface area contributed by atoms with Crippen LogP contribution in [0.5, 0.6) is 0 Å². The van der Waals surface area contributed by atoms with Gasteiger partial charge < -0.3 is 46.4 Å². The summed E-state index contributed by atoms with van der Waals surface area (Å²) in [5.41, 5.74) is 5.20. The number of urea groups is 1. The Morgan fingerprint density at radius 3 is 2.21 bits per heavy atom. The third-order valence-electron chi connectivity index (χ3n) is 4.12. The lowest BCUT2D eigenvalue weighted by atomic mass is 10.2. The van der Waals surface area contributed by atoms with E-state index in [2.05, 4.69) is 26.1 Å². The molecule has 0 spiro atoms. The second-order valence-electron chi connectivity index (χ2n) is 6.87. The predicted octanol–water partition coefficient (Wildman–Crippen LogP) is -1.84. The molecule has 15 nitrogen and oxygen atoms in total. The highest BCUT2D eigenvalue weighted by Crippen LogP contribution is 2.18. The molecule has 8 N–H and O–H groups in total. The Morgan fingerprint density at radius 2 is 1.76 bits per heavy atom. The van der Waals surface area contributed by atoms with Gasteiger partial charge in [-0.3, -0.25) is 4.79 Å². The summed E-state index contributed by atoms with van der Waals surface area (Å²) < 4.78 is 36.9. The van der Waals surface area contributed by atoms with Gasteiger partial charge in [0.15, 0.2) is 6.04 Å². The number of rotatable bonds is 8. The van der Waals surface area contributed by atoms with E-state index in [9.17, 15) is 32.7 Å². The summed E-state index contributed by atoms with van der Waals surface area (Å²) in [5, 5.41) is 37.1.